The predicted octanol–water partition coefficient (Wildman–Crippen LogP) is 1.15. The van der Waals surface area contributed by atoms with E-state index in [9.17, 15) is 0 Å². The van der Waals surface area contributed by atoms with Gasteiger partial charge in [-0.25, -0.2) is 3.11 Å². The van der Waals surface area contributed by atoms with Crippen LogP contribution in [0.15, 0.2) is 12.8 Å². The maximum Gasteiger partial charge on any atom is 0.0701 e. The molecule has 0 unspecified atom stereocenters. The fraction of sp³-hybridized carbons (Fsp3) is 0.833. The average molecular weight is 370 g/mol. The summed E-state index contributed by atoms with van der Waals surface area (Å²) in [6, 6.07) is 0. The molecule has 0 aliphatic carbocycles. The summed E-state index contributed by atoms with van der Waals surface area (Å²) in [7, 11) is 0. The van der Waals surface area contributed by atoms with Crippen molar-refractivity contribution in [1.29, 1.82) is 0 Å². The van der Waals surface area contributed by atoms with Crippen molar-refractivity contribution >= 4 is 22.9 Å². The maximum atomic E-state index is 5.59. The summed E-state index contributed by atoms with van der Waals surface area (Å²) in [4.78, 5) is 2.11. The number of hydrogen-bond acceptors (Lipinski definition) is 5. The summed E-state index contributed by atoms with van der Waals surface area (Å²) in [5, 5.41) is 0. The zero-order valence-corrected chi connectivity index (χ0v) is 13.0. The van der Waals surface area contributed by atoms with Gasteiger partial charge in [0.05, 0.1) is 39.6 Å². The average Bonchev–Trinajstić information content (AvgIpc) is 2.38. The van der Waals surface area contributed by atoms with E-state index >= 15 is 0 Å². The third-order valence-electron chi connectivity index (χ3n) is 2.63. The second-order valence-electron chi connectivity index (χ2n) is 3.97. The molecule has 0 atom stereocenters. The molecule has 0 radical (unpaired) electrons. The topological polar surface area (TPSA) is 34.2 Å². The number of ether oxygens (including phenoxy) is 3. The van der Waals surface area contributed by atoms with Crippen LogP contribution in [0.25, 0.3) is 0 Å². The molecule has 1 heterocycles. The molecule has 0 aromatic carbocycles. The van der Waals surface area contributed by atoms with Crippen LogP contribution >= 0.6 is 22.9 Å². The molecule has 0 amide bonds. The van der Waals surface area contributed by atoms with Crippen LogP contribution in [0.1, 0.15) is 0 Å². The minimum absolute atomic E-state index is 0.655. The Morgan fingerprint density at radius 1 is 0.778 bits per heavy atom. The largest absolute Gasteiger partial charge is 0.378 e. The van der Waals surface area contributed by atoms with Crippen molar-refractivity contribution in [2.45, 2.75) is 0 Å². The standard InChI is InChI=1S/C12H23IN2O3/c1-2-14-3-7-16-9-5-15(13)6-10-18-12-11-17-8-4-14/h2H,1,3-12H2. The molecule has 0 aromatic rings. The molecule has 0 N–H and O–H groups in total. The first-order valence-electron chi connectivity index (χ1n) is 6.33. The third-order valence-corrected chi connectivity index (χ3v) is 3.60. The van der Waals surface area contributed by atoms with Crippen LogP contribution in [0, 0.1) is 0 Å². The van der Waals surface area contributed by atoms with Gasteiger partial charge in [0.1, 0.15) is 0 Å². The highest BCUT2D eigenvalue weighted by Gasteiger charge is 2.03. The molecule has 1 aliphatic rings. The highest BCUT2D eigenvalue weighted by molar-refractivity contribution is 14.1. The molecule has 106 valence electrons. The molecule has 1 rings (SSSR count). The van der Waals surface area contributed by atoms with Crippen molar-refractivity contribution < 1.29 is 14.2 Å². The van der Waals surface area contributed by atoms with Gasteiger partial charge >= 0.3 is 0 Å². The fourth-order valence-corrected chi connectivity index (χ4v) is 1.91. The summed E-state index contributed by atoms with van der Waals surface area (Å²) in [5.74, 6) is 0. The molecule has 0 bridgehead atoms. The predicted molar refractivity (Wildman–Crippen MR) is 79.8 cm³/mol. The van der Waals surface area contributed by atoms with Crippen molar-refractivity contribution in [3.63, 3.8) is 0 Å². The third kappa shape index (κ3) is 8.25. The summed E-state index contributed by atoms with van der Waals surface area (Å²) in [5.41, 5.74) is 0. The fourth-order valence-electron chi connectivity index (χ4n) is 1.52. The van der Waals surface area contributed by atoms with Crippen LogP contribution in [0.2, 0.25) is 0 Å². The SMILES string of the molecule is C=CN1CCOCCOCCN(I)CCOCC1. The second-order valence-corrected chi connectivity index (χ2v) is 5.33. The molecule has 0 saturated carbocycles. The normalized spacial score (nSPS) is 23.1. The van der Waals surface area contributed by atoms with Gasteiger partial charge in [0, 0.05) is 49.0 Å². The minimum atomic E-state index is 0.655. The Balaban J connectivity index is 2.26. The van der Waals surface area contributed by atoms with E-state index in [1.165, 1.54) is 0 Å². The molecule has 1 aliphatic heterocycles. The van der Waals surface area contributed by atoms with Crippen molar-refractivity contribution in [3.8, 4) is 0 Å². The van der Waals surface area contributed by atoms with Gasteiger partial charge in [-0.2, -0.15) is 0 Å². The lowest BCUT2D eigenvalue weighted by atomic mass is 10.5. The van der Waals surface area contributed by atoms with Gasteiger partial charge in [-0.15, -0.1) is 0 Å². The van der Waals surface area contributed by atoms with Gasteiger partial charge in [0.25, 0.3) is 0 Å². The van der Waals surface area contributed by atoms with E-state index in [-0.39, 0.29) is 0 Å². The van der Waals surface area contributed by atoms with E-state index in [1.807, 2.05) is 6.20 Å². The van der Waals surface area contributed by atoms with Crippen LogP contribution in [-0.2, 0) is 14.2 Å². The first-order valence-corrected chi connectivity index (χ1v) is 7.30. The van der Waals surface area contributed by atoms with Gasteiger partial charge in [-0.3, -0.25) is 0 Å². The quantitative estimate of drug-likeness (QED) is 0.511. The molecule has 0 aromatic heterocycles. The van der Waals surface area contributed by atoms with E-state index in [0.29, 0.717) is 19.8 Å². The Hall–Kier alpha value is 0.110. The number of hydrogen-bond donors (Lipinski definition) is 0. The first kappa shape index (κ1) is 16.2. The number of halogens is 1. The van der Waals surface area contributed by atoms with E-state index in [2.05, 4.69) is 37.5 Å². The van der Waals surface area contributed by atoms with E-state index < -0.39 is 0 Å². The summed E-state index contributed by atoms with van der Waals surface area (Å²) in [6.45, 7) is 11.6. The van der Waals surface area contributed by atoms with Crippen LogP contribution in [0.4, 0.5) is 0 Å². The van der Waals surface area contributed by atoms with E-state index in [1.54, 1.807) is 0 Å². The molecule has 1 saturated heterocycles. The van der Waals surface area contributed by atoms with Gasteiger partial charge < -0.3 is 19.1 Å². The molecule has 1 fully saturated rings. The molecule has 5 nitrogen and oxygen atoms in total. The number of nitrogens with zero attached hydrogens (tertiary/aromatic N) is 2. The van der Waals surface area contributed by atoms with Crippen molar-refractivity contribution in [3.05, 3.63) is 12.8 Å². The first-order chi connectivity index (χ1) is 8.83. The lowest BCUT2D eigenvalue weighted by molar-refractivity contribution is 0.0412. The van der Waals surface area contributed by atoms with Crippen molar-refractivity contribution in [2.24, 2.45) is 0 Å². The zero-order chi connectivity index (χ0) is 13.1. The maximum absolute atomic E-state index is 5.59. The number of rotatable bonds is 1. The van der Waals surface area contributed by atoms with Crippen LogP contribution in [-0.4, -0.2) is 73.8 Å². The highest BCUT2D eigenvalue weighted by Crippen LogP contribution is 1.98. The van der Waals surface area contributed by atoms with Gasteiger partial charge in [0.2, 0.25) is 0 Å². The van der Waals surface area contributed by atoms with E-state index in [0.717, 1.165) is 46.0 Å². The Kier molecular flexibility index (Phi) is 9.86. The van der Waals surface area contributed by atoms with Crippen LogP contribution < -0.4 is 0 Å². The van der Waals surface area contributed by atoms with Crippen molar-refractivity contribution in [1.82, 2.24) is 8.01 Å². The Labute approximate surface area is 124 Å². The second kappa shape index (κ2) is 11.0. The summed E-state index contributed by atoms with van der Waals surface area (Å²) < 4.78 is 18.8. The van der Waals surface area contributed by atoms with E-state index in [4.69, 9.17) is 14.2 Å². The summed E-state index contributed by atoms with van der Waals surface area (Å²) >= 11 is 2.30. The highest BCUT2D eigenvalue weighted by atomic mass is 127. The molecular formula is C12H23IN2O3. The molecule has 0 spiro atoms. The molecule has 18 heavy (non-hydrogen) atoms. The van der Waals surface area contributed by atoms with Gasteiger partial charge in [-0.05, 0) is 6.20 Å². The van der Waals surface area contributed by atoms with Crippen LogP contribution in [0.3, 0.4) is 0 Å². The lowest BCUT2D eigenvalue weighted by Gasteiger charge is -2.19. The zero-order valence-electron chi connectivity index (χ0n) is 10.9. The lowest BCUT2D eigenvalue weighted by Crippen LogP contribution is -2.27. The molecular weight excluding hydrogens is 347 g/mol. The minimum Gasteiger partial charge on any atom is -0.378 e. The van der Waals surface area contributed by atoms with Crippen molar-refractivity contribution in [2.75, 3.05) is 65.8 Å². The summed E-state index contributed by atoms with van der Waals surface area (Å²) in [6.07, 6.45) is 1.84. The smallest absolute Gasteiger partial charge is 0.0701 e. The van der Waals surface area contributed by atoms with Gasteiger partial charge in [-0.1, -0.05) is 6.58 Å². The Bertz CT molecular complexity index is 219. The Morgan fingerprint density at radius 2 is 1.22 bits per heavy atom. The Morgan fingerprint density at radius 3 is 1.72 bits per heavy atom. The monoisotopic (exact) mass is 370 g/mol. The van der Waals surface area contributed by atoms with Crippen LogP contribution in [0.5, 0.6) is 0 Å². The molecule has 6 heteroatoms. The van der Waals surface area contributed by atoms with Gasteiger partial charge in [0.15, 0.2) is 0 Å².